The van der Waals surface area contributed by atoms with Gasteiger partial charge in [0.25, 0.3) is 5.24 Å². The Labute approximate surface area is 270 Å². The molecular weight excluding hydrogens is 651 g/mol. The quantitative estimate of drug-likeness (QED) is 0.263. The van der Waals surface area contributed by atoms with Gasteiger partial charge in [0.05, 0.1) is 35.4 Å². The molecule has 3 aromatic rings. The molecule has 2 aliphatic heterocycles. The molecule has 1 aliphatic carbocycles. The van der Waals surface area contributed by atoms with Gasteiger partial charge in [-0.2, -0.15) is 26.3 Å². The summed E-state index contributed by atoms with van der Waals surface area (Å²) >= 11 is 0.744. The number of halogens is 7. The van der Waals surface area contributed by atoms with Crippen molar-refractivity contribution in [2.24, 2.45) is 5.92 Å². The van der Waals surface area contributed by atoms with Crippen LogP contribution in [0.15, 0.2) is 54.6 Å². The van der Waals surface area contributed by atoms with Crippen LogP contribution in [0.3, 0.4) is 0 Å². The first-order valence-electron chi connectivity index (χ1n) is 15.1. The summed E-state index contributed by atoms with van der Waals surface area (Å²) in [5.41, 5.74) is -0.0903. The molecule has 1 N–H and O–H groups in total. The molecular formula is C34H30F7NO4S. The molecule has 3 fully saturated rings. The van der Waals surface area contributed by atoms with Crippen molar-refractivity contribution in [3.63, 3.8) is 0 Å². The predicted octanol–water partition coefficient (Wildman–Crippen LogP) is 10.0. The van der Waals surface area contributed by atoms with Gasteiger partial charge < -0.3 is 14.7 Å². The number of methoxy groups -OCH3 is 1. The Morgan fingerprint density at radius 3 is 2.17 bits per heavy atom. The number of amides is 1. The molecule has 5 nitrogen and oxygen atoms in total. The van der Waals surface area contributed by atoms with Crippen molar-refractivity contribution in [2.45, 2.75) is 74.1 Å². The Morgan fingerprint density at radius 1 is 0.830 bits per heavy atom. The number of thioether (sulfide) groups is 1. The first-order chi connectivity index (χ1) is 22.2. The molecule has 1 saturated carbocycles. The fourth-order valence-electron chi connectivity index (χ4n) is 7.31. The highest BCUT2D eigenvalue weighted by atomic mass is 32.2. The van der Waals surface area contributed by atoms with Gasteiger partial charge in [-0.1, -0.05) is 23.9 Å². The van der Waals surface area contributed by atoms with Gasteiger partial charge in [-0.05, 0) is 109 Å². The minimum Gasteiger partial charge on any atom is -0.496 e. The molecule has 0 unspecified atom stereocenters. The molecule has 6 rings (SSSR count). The summed E-state index contributed by atoms with van der Waals surface area (Å²) in [5.74, 6) is -1.93. The van der Waals surface area contributed by atoms with Crippen LogP contribution in [0.4, 0.5) is 35.5 Å². The van der Waals surface area contributed by atoms with Crippen LogP contribution in [-0.2, 0) is 17.1 Å². The molecule has 0 bridgehead atoms. The third-order valence-corrected chi connectivity index (χ3v) is 10.8. The third kappa shape index (κ3) is 6.42. The Balaban J connectivity index is 1.40. The molecule has 2 heterocycles. The summed E-state index contributed by atoms with van der Waals surface area (Å²) in [6.07, 6.45) is -6.71. The predicted molar refractivity (Wildman–Crippen MR) is 160 cm³/mol. The topological polar surface area (TPSA) is 66.8 Å². The molecule has 0 spiro atoms. The Bertz CT molecular complexity index is 1700. The molecule has 13 heteroatoms. The van der Waals surface area contributed by atoms with E-state index in [2.05, 4.69) is 0 Å². The number of benzene rings is 3. The highest BCUT2D eigenvalue weighted by Gasteiger charge is 2.50. The summed E-state index contributed by atoms with van der Waals surface area (Å²) in [7, 11) is 1.44. The first-order valence-corrected chi connectivity index (χ1v) is 16.0. The number of carbonyl (C=O) groups is 2. The van der Waals surface area contributed by atoms with Gasteiger partial charge in [0.15, 0.2) is 0 Å². The molecule has 3 aliphatic rings. The van der Waals surface area contributed by atoms with Crippen LogP contribution in [0.25, 0.3) is 11.1 Å². The molecule has 1 amide bonds. The van der Waals surface area contributed by atoms with E-state index < -0.39 is 63.8 Å². The lowest BCUT2D eigenvalue weighted by Gasteiger charge is -2.29. The Morgan fingerprint density at radius 2 is 1.53 bits per heavy atom. The summed E-state index contributed by atoms with van der Waals surface area (Å²) in [6.45, 7) is 0. The maximum absolute atomic E-state index is 14.3. The van der Waals surface area contributed by atoms with Gasteiger partial charge in [0.1, 0.15) is 11.6 Å². The maximum Gasteiger partial charge on any atom is 0.416 e. The highest BCUT2D eigenvalue weighted by molar-refractivity contribution is 8.14. The minimum absolute atomic E-state index is 0.0138. The van der Waals surface area contributed by atoms with Crippen LogP contribution in [-0.4, -0.2) is 34.4 Å². The molecule has 3 atom stereocenters. The average molecular weight is 682 g/mol. The number of fused-ring (bicyclic) bond motifs is 1. The van der Waals surface area contributed by atoms with E-state index in [1.807, 2.05) is 12.1 Å². The number of carboxylic acids is 1. The van der Waals surface area contributed by atoms with Crippen molar-refractivity contribution in [3.05, 3.63) is 88.2 Å². The summed E-state index contributed by atoms with van der Waals surface area (Å²) in [4.78, 5) is 26.4. The molecule has 3 aromatic carbocycles. The number of carbonyl (C=O) groups excluding carboxylic acids is 1. The number of alkyl halides is 6. The summed E-state index contributed by atoms with van der Waals surface area (Å²) < 4.78 is 103. The number of hydrogen-bond donors (Lipinski definition) is 1. The standard InChI is InChI=1S/C34H30F7NO4S/c1-46-29-11-6-19(17-2-4-18(5-3-17)31(43)44)14-26(29)24-8-7-21(33(36,37)38)16-25(24)27-9-10-28-30(47-32(45)42(27)28)20-12-22(34(39,40)41)15-23(35)13-20/h6-8,11-18,27-28,30H,2-5,9-10H2,1H3,(H,43,44)/t17-,18-,27-,28-,30+/m0/s1. The average Bonchev–Trinajstić information content (AvgIpc) is 3.60. The Hall–Kier alpha value is -3.74. The largest absolute Gasteiger partial charge is 0.496 e. The van der Waals surface area contributed by atoms with E-state index in [9.17, 15) is 45.4 Å². The number of aliphatic carboxylic acids is 1. The monoisotopic (exact) mass is 681 g/mol. The number of carboxylic acid groups (broad SMARTS) is 1. The van der Waals surface area contributed by atoms with Crippen LogP contribution in [0.2, 0.25) is 0 Å². The van der Waals surface area contributed by atoms with Crippen molar-refractivity contribution in [1.82, 2.24) is 4.90 Å². The van der Waals surface area contributed by atoms with Crippen molar-refractivity contribution in [2.75, 3.05) is 7.11 Å². The fraction of sp³-hybridized carbons (Fsp3) is 0.412. The van der Waals surface area contributed by atoms with Gasteiger partial charge in [0, 0.05) is 11.6 Å². The van der Waals surface area contributed by atoms with E-state index >= 15 is 0 Å². The smallest absolute Gasteiger partial charge is 0.416 e. The first kappa shape index (κ1) is 33.2. The van der Waals surface area contributed by atoms with Gasteiger partial charge in [-0.25, -0.2) is 4.39 Å². The zero-order chi connectivity index (χ0) is 33.8. The van der Waals surface area contributed by atoms with Crippen molar-refractivity contribution < 1.29 is 50.2 Å². The molecule has 0 radical (unpaired) electrons. The van der Waals surface area contributed by atoms with Gasteiger partial charge in [-0.3, -0.25) is 9.59 Å². The van der Waals surface area contributed by atoms with Gasteiger partial charge >= 0.3 is 18.3 Å². The van der Waals surface area contributed by atoms with E-state index in [4.69, 9.17) is 4.74 Å². The fourth-order valence-corrected chi connectivity index (χ4v) is 8.60. The lowest BCUT2D eigenvalue weighted by atomic mass is 9.78. The van der Waals surface area contributed by atoms with E-state index in [1.165, 1.54) is 18.1 Å². The summed E-state index contributed by atoms with van der Waals surface area (Å²) in [6, 6.07) is 9.43. The molecule has 0 aromatic heterocycles. The number of rotatable bonds is 6. The second-order valence-electron chi connectivity index (χ2n) is 12.3. The van der Waals surface area contributed by atoms with Gasteiger partial charge in [-0.15, -0.1) is 0 Å². The van der Waals surface area contributed by atoms with Crippen LogP contribution < -0.4 is 4.74 Å². The van der Waals surface area contributed by atoms with Crippen LogP contribution in [0.1, 0.15) is 83.6 Å². The summed E-state index contributed by atoms with van der Waals surface area (Å²) in [5, 5.41) is 8.04. The lowest BCUT2D eigenvalue weighted by Crippen LogP contribution is -2.31. The zero-order valence-corrected chi connectivity index (χ0v) is 25.8. The second kappa shape index (κ2) is 12.4. The van der Waals surface area contributed by atoms with Crippen molar-refractivity contribution in [1.29, 1.82) is 0 Å². The normalized spacial score (nSPS) is 24.8. The highest BCUT2D eigenvalue weighted by Crippen LogP contribution is 2.56. The number of ether oxygens (including phenoxy) is 1. The second-order valence-corrected chi connectivity index (χ2v) is 13.4. The number of hydrogen-bond acceptors (Lipinski definition) is 4. The molecule has 2 saturated heterocycles. The van der Waals surface area contributed by atoms with Crippen LogP contribution >= 0.6 is 11.8 Å². The minimum atomic E-state index is -4.81. The van der Waals surface area contributed by atoms with Crippen LogP contribution in [0.5, 0.6) is 5.75 Å². The lowest BCUT2D eigenvalue weighted by molar-refractivity contribution is -0.143. The third-order valence-electron chi connectivity index (χ3n) is 9.59. The molecule has 47 heavy (non-hydrogen) atoms. The number of nitrogens with zero attached hydrogens (tertiary/aromatic N) is 1. The van der Waals surface area contributed by atoms with Crippen molar-refractivity contribution >= 4 is 23.0 Å². The van der Waals surface area contributed by atoms with E-state index in [0.717, 1.165) is 41.6 Å². The van der Waals surface area contributed by atoms with E-state index in [-0.39, 0.29) is 29.9 Å². The van der Waals surface area contributed by atoms with Gasteiger partial charge in [0.2, 0.25) is 0 Å². The van der Waals surface area contributed by atoms with E-state index in [0.29, 0.717) is 48.6 Å². The Kier molecular flexibility index (Phi) is 8.73. The van der Waals surface area contributed by atoms with Crippen LogP contribution in [0, 0.1) is 11.7 Å². The maximum atomic E-state index is 14.3. The van der Waals surface area contributed by atoms with Crippen molar-refractivity contribution in [3.8, 4) is 16.9 Å². The molecule has 250 valence electrons. The SMILES string of the molecule is COc1ccc([C@H]2CC[C@H](C(=O)O)CC2)cc1-c1ccc(C(F)(F)F)cc1[C@@H]1CC[C@H]2[C@@H](c3cc(F)cc(C(F)(F)F)c3)SC(=O)N12. The zero-order valence-electron chi connectivity index (χ0n) is 25.0. The van der Waals surface area contributed by atoms with E-state index in [1.54, 1.807) is 6.07 Å².